The number of hydrogen-bond acceptors (Lipinski definition) is 7. The highest BCUT2D eigenvalue weighted by Crippen LogP contribution is 2.31. The first kappa shape index (κ1) is 18.6. The highest BCUT2D eigenvalue weighted by atomic mass is 32.2. The van der Waals surface area contributed by atoms with E-state index in [9.17, 15) is 18.0 Å². The van der Waals surface area contributed by atoms with Gasteiger partial charge in [0.2, 0.25) is 0 Å². The van der Waals surface area contributed by atoms with Crippen molar-refractivity contribution in [1.82, 2.24) is 0 Å². The number of carbonyl (C=O) groups excluding carboxylic acids is 1. The van der Waals surface area contributed by atoms with E-state index in [-0.39, 0.29) is 15.5 Å². The quantitative estimate of drug-likeness (QED) is 0.482. The molecule has 142 valence electrons. The molecule has 0 aliphatic heterocycles. The van der Waals surface area contributed by atoms with Gasteiger partial charge in [-0.2, -0.15) is 12.7 Å². The number of nitrogens with zero attached hydrogens (tertiary/aromatic N) is 1. The molecule has 2 heterocycles. The first-order valence-corrected chi connectivity index (χ1v) is 11.2. The summed E-state index contributed by atoms with van der Waals surface area (Å²) in [6.07, 6.45) is 0. The second kappa shape index (κ2) is 7.01. The fourth-order valence-electron chi connectivity index (χ4n) is 2.67. The third kappa shape index (κ3) is 3.28. The molecular weight excluding hydrogens is 418 g/mol. The molecule has 0 atom stereocenters. The van der Waals surface area contributed by atoms with Gasteiger partial charge in [0.15, 0.2) is 0 Å². The van der Waals surface area contributed by atoms with Crippen LogP contribution >= 0.6 is 22.7 Å². The molecule has 0 unspecified atom stereocenters. The molecule has 4 aromatic rings. The number of benzene rings is 2. The topological polar surface area (TPSA) is 84.7 Å². The second-order valence-corrected chi connectivity index (χ2v) is 9.90. The first-order chi connectivity index (χ1) is 13.4. The Morgan fingerprint density at radius 3 is 2.50 bits per heavy atom. The number of hydrogen-bond donors (Lipinski definition) is 0. The number of anilines is 1. The molecule has 0 saturated carbocycles. The fourth-order valence-corrected chi connectivity index (χ4v) is 5.84. The maximum absolute atomic E-state index is 13.3. The SMILES string of the molecule is Cc1ccc(C(=O)N(c2ccc3oc(=O)sc3c2)S(=O)(=O)c2cccs2)cc1. The van der Waals surface area contributed by atoms with Gasteiger partial charge < -0.3 is 4.42 Å². The Labute approximate surface area is 168 Å². The normalized spacial score (nSPS) is 11.6. The Hall–Kier alpha value is -2.75. The molecule has 0 bridgehead atoms. The highest BCUT2D eigenvalue weighted by Gasteiger charge is 2.33. The number of sulfonamides is 1. The second-order valence-electron chi connectivity index (χ2n) is 5.96. The van der Waals surface area contributed by atoms with Crippen LogP contribution in [0, 0.1) is 6.92 Å². The molecule has 0 aliphatic carbocycles. The maximum Gasteiger partial charge on any atom is 0.396 e. The number of aryl methyl sites for hydroxylation is 1. The third-order valence-electron chi connectivity index (χ3n) is 4.02. The van der Waals surface area contributed by atoms with Crippen LogP contribution < -0.4 is 9.24 Å². The van der Waals surface area contributed by atoms with Crippen molar-refractivity contribution in [3.8, 4) is 0 Å². The van der Waals surface area contributed by atoms with Crippen molar-refractivity contribution in [3.05, 3.63) is 80.8 Å². The lowest BCUT2D eigenvalue weighted by Gasteiger charge is -2.22. The van der Waals surface area contributed by atoms with Crippen molar-refractivity contribution in [3.63, 3.8) is 0 Å². The number of amides is 1. The summed E-state index contributed by atoms with van der Waals surface area (Å²) >= 11 is 1.88. The van der Waals surface area contributed by atoms with E-state index in [0.717, 1.165) is 32.5 Å². The fraction of sp³-hybridized carbons (Fsp3) is 0.0526. The van der Waals surface area contributed by atoms with Crippen molar-refractivity contribution in [2.24, 2.45) is 0 Å². The summed E-state index contributed by atoms with van der Waals surface area (Å²) in [6.45, 7) is 1.88. The van der Waals surface area contributed by atoms with Gasteiger partial charge in [0, 0.05) is 5.56 Å². The Morgan fingerprint density at radius 2 is 1.82 bits per heavy atom. The van der Waals surface area contributed by atoms with Crippen molar-refractivity contribution in [1.29, 1.82) is 0 Å². The van der Waals surface area contributed by atoms with Crippen LogP contribution in [0.2, 0.25) is 0 Å². The molecule has 0 saturated heterocycles. The van der Waals surface area contributed by atoms with Gasteiger partial charge in [0.1, 0.15) is 9.79 Å². The van der Waals surface area contributed by atoms with Gasteiger partial charge in [-0.15, -0.1) is 11.3 Å². The molecule has 0 spiro atoms. The van der Waals surface area contributed by atoms with Gasteiger partial charge in [0.05, 0.1) is 10.4 Å². The van der Waals surface area contributed by atoms with Gasteiger partial charge in [0.25, 0.3) is 15.9 Å². The highest BCUT2D eigenvalue weighted by molar-refractivity contribution is 7.95. The molecule has 0 aliphatic rings. The van der Waals surface area contributed by atoms with Crippen LogP contribution in [0.25, 0.3) is 10.3 Å². The van der Waals surface area contributed by atoms with E-state index in [0.29, 0.717) is 10.3 Å². The molecule has 0 fully saturated rings. The van der Waals surface area contributed by atoms with Crippen LogP contribution in [-0.2, 0) is 10.0 Å². The molecule has 28 heavy (non-hydrogen) atoms. The zero-order valence-electron chi connectivity index (χ0n) is 14.5. The molecular formula is C19H13NO5S3. The summed E-state index contributed by atoms with van der Waals surface area (Å²) in [7, 11) is -4.13. The summed E-state index contributed by atoms with van der Waals surface area (Å²) in [5, 5.41) is 1.63. The summed E-state index contributed by atoms with van der Waals surface area (Å²) in [5.74, 6) is -0.677. The number of carbonyl (C=O) groups is 1. The van der Waals surface area contributed by atoms with Crippen molar-refractivity contribution in [2.75, 3.05) is 4.31 Å². The van der Waals surface area contributed by atoms with Gasteiger partial charge in [-0.3, -0.25) is 4.79 Å². The molecule has 2 aromatic carbocycles. The molecule has 0 N–H and O–H groups in total. The average molecular weight is 432 g/mol. The zero-order chi connectivity index (χ0) is 19.9. The van der Waals surface area contributed by atoms with Gasteiger partial charge in [-0.25, -0.2) is 4.79 Å². The van der Waals surface area contributed by atoms with Crippen molar-refractivity contribution < 1.29 is 17.6 Å². The predicted molar refractivity (Wildman–Crippen MR) is 110 cm³/mol. The van der Waals surface area contributed by atoms with E-state index in [1.165, 1.54) is 24.3 Å². The molecule has 4 rings (SSSR count). The standard InChI is InChI=1S/C19H13NO5S3/c1-12-4-6-13(7-5-12)18(21)20(28(23,24)17-3-2-10-26-17)14-8-9-15-16(11-14)27-19(22)25-15/h2-11H,1H3. The number of thiophene rings is 1. The van der Waals surface area contributed by atoms with E-state index in [1.54, 1.807) is 35.7 Å². The largest absolute Gasteiger partial charge is 0.414 e. The molecule has 0 radical (unpaired) electrons. The molecule has 1 amide bonds. The van der Waals surface area contributed by atoms with Crippen LogP contribution in [-0.4, -0.2) is 14.3 Å². The summed E-state index contributed by atoms with van der Waals surface area (Å²) < 4.78 is 32.8. The lowest BCUT2D eigenvalue weighted by atomic mass is 10.1. The smallest absolute Gasteiger partial charge is 0.396 e. The molecule has 6 nitrogen and oxygen atoms in total. The minimum absolute atomic E-state index is 0.0495. The maximum atomic E-state index is 13.3. The van der Waals surface area contributed by atoms with Crippen molar-refractivity contribution in [2.45, 2.75) is 11.1 Å². The number of rotatable bonds is 4. The average Bonchev–Trinajstić information content (AvgIpc) is 3.31. The van der Waals surface area contributed by atoms with Crippen LogP contribution in [0.4, 0.5) is 5.69 Å². The zero-order valence-corrected chi connectivity index (χ0v) is 16.9. The van der Waals surface area contributed by atoms with Gasteiger partial charge >= 0.3 is 4.94 Å². The van der Waals surface area contributed by atoms with Crippen molar-refractivity contribution >= 4 is 54.6 Å². The lowest BCUT2D eigenvalue weighted by molar-refractivity contribution is 0.101. The minimum atomic E-state index is -4.13. The Balaban J connectivity index is 1.90. The van der Waals surface area contributed by atoms with E-state index in [2.05, 4.69) is 0 Å². The van der Waals surface area contributed by atoms with Crippen LogP contribution in [0.15, 0.2) is 73.4 Å². The summed E-state index contributed by atoms with van der Waals surface area (Å²) in [5.41, 5.74) is 1.68. The van der Waals surface area contributed by atoms with E-state index >= 15 is 0 Å². The Kier molecular flexibility index (Phi) is 4.66. The van der Waals surface area contributed by atoms with Crippen LogP contribution in [0.1, 0.15) is 15.9 Å². The van der Waals surface area contributed by atoms with Gasteiger partial charge in [-0.05, 0) is 48.7 Å². The van der Waals surface area contributed by atoms with E-state index in [1.807, 2.05) is 6.92 Å². The predicted octanol–water partition coefficient (Wildman–Crippen LogP) is 4.26. The first-order valence-electron chi connectivity index (χ1n) is 8.10. The summed E-state index contributed by atoms with van der Waals surface area (Å²) in [6, 6.07) is 14.1. The number of fused-ring (bicyclic) bond motifs is 1. The Morgan fingerprint density at radius 1 is 1.07 bits per heavy atom. The Bertz CT molecular complexity index is 1320. The summed E-state index contributed by atoms with van der Waals surface area (Å²) in [4.78, 5) is 24.2. The van der Waals surface area contributed by atoms with E-state index in [4.69, 9.17) is 4.42 Å². The lowest BCUT2D eigenvalue weighted by Crippen LogP contribution is -2.36. The minimum Gasteiger partial charge on any atom is -0.414 e. The van der Waals surface area contributed by atoms with Crippen LogP contribution in [0.5, 0.6) is 0 Å². The third-order valence-corrected chi connectivity index (χ3v) is 7.89. The van der Waals surface area contributed by atoms with Gasteiger partial charge in [-0.1, -0.05) is 35.1 Å². The monoisotopic (exact) mass is 431 g/mol. The van der Waals surface area contributed by atoms with Crippen LogP contribution in [0.3, 0.4) is 0 Å². The van der Waals surface area contributed by atoms with E-state index < -0.39 is 20.9 Å². The molecule has 2 aromatic heterocycles. The molecule has 9 heteroatoms.